The van der Waals surface area contributed by atoms with Crippen LogP contribution in [0, 0.1) is 11.8 Å². The summed E-state index contributed by atoms with van der Waals surface area (Å²) >= 11 is 0. The summed E-state index contributed by atoms with van der Waals surface area (Å²) in [4.78, 5) is 13.4. The number of carbonyl (C=O) groups is 1. The molecule has 2 rings (SSSR count). The monoisotopic (exact) mass is 227 g/mol. The Morgan fingerprint density at radius 2 is 2.19 bits per heavy atom. The van der Waals surface area contributed by atoms with Crippen LogP contribution < -0.4 is 0 Å². The molecule has 1 saturated carbocycles. The van der Waals surface area contributed by atoms with E-state index in [2.05, 4.69) is 11.8 Å². The third-order valence-corrected chi connectivity index (χ3v) is 3.96. The number of aliphatic carboxylic acids is 1. The topological polar surface area (TPSA) is 49.8 Å². The van der Waals surface area contributed by atoms with Gasteiger partial charge in [-0.25, -0.2) is 0 Å². The molecule has 1 heterocycles. The summed E-state index contributed by atoms with van der Waals surface area (Å²) in [7, 11) is 0. The number of carboxylic acids is 1. The number of hydrogen-bond acceptors (Lipinski definition) is 3. The van der Waals surface area contributed by atoms with Crippen molar-refractivity contribution in [3.63, 3.8) is 0 Å². The van der Waals surface area contributed by atoms with Gasteiger partial charge in [0.1, 0.15) is 0 Å². The molecule has 0 aromatic heterocycles. The zero-order valence-electron chi connectivity index (χ0n) is 9.89. The Morgan fingerprint density at radius 3 is 2.69 bits per heavy atom. The van der Waals surface area contributed by atoms with Gasteiger partial charge in [0.25, 0.3) is 0 Å². The van der Waals surface area contributed by atoms with Gasteiger partial charge in [0.05, 0.1) is 19.1 Å². The average Bonchev–Trinajstić information content (AvgIpc) is 2.65. The van der Waals surface area contributed by atoms with Gasteiger partial charge in [-0.05, 0) is 25.3 Å². The highest BCUT2D eigenvalue weighted by molar-refractivity contribution is 5.71. The zero-order valence-corrected chi connectivity index (χ0v) is 9.89. The molecule has 4 nitrogen and oxygen atoms in total. The number of hydrogen-bond donors (Lipinski definition) is 1. The van der Waals surface area contributed by atoms with Crippen molar-refractivity contribution in [1.29, 1.82) is 0 Å². The van der Waals surface area contributed by atoms with Crippen LogP contribution in [0.2, 0.25) is 0 Å². The van der Waals surface area contributed by atoms with E-state index in [0.29, 0.717) is 13.2 Å². The molecule has 0 radical (unpaired) electrons. The summed E-state index contributed by atoms with van der Waals surface area (Å²) in [6.07, 6.45) is 3.95. The maximum Gasteiger partial charge on any atom is 0.310 e. The molecule has 92 valence electrons. The summed E-state index contributed by atoms with van der Waals surface area (Å²) in [6.45, 7) is 5.04. The molecule has 2 aliphatic rings. The van der Waals surface area contributed by atoms with E-state index in [1.54, 1.807) is 0 Å². The van der Waals surface area contributed by atoms with E-state index in [0.717, 1.165) is 19.0 Å². The van der Waals surface area contributed by atoms with E-state index >= 15 is 0 Å². The Kier molecular flexibility index (Phi) is 3.82. The summed E-state index contributed by atoms with van der Waals surface area (Å²) in [6, 6.07) is 0.0862. The van der Waals surface area contributed by atoms with E-state index in [4.69, 9.17) is 9.84 Å². The quantitative estimate of drug-likeness (QED) is 0.767. The van der Waals surface area contributed by atoms with Crippen molar-refractivity contribution in [2.24, 2.45) is 11.8 Å². The predicted molar refractivity (Wildman–Crippen MR) is 60.3 cm³/mol. The summed E-state index contributed by atoms with van der Waals surface area (Å²) in [5.41, 5.74) is 0. The van der Waals surface area contributed by atoms with Gasteiger partial charge in [-0.1, -0.05) is 13.3 Å². The maximum absolute atomic E-state index is 11.1. The van der Waals surface area contributed by atoms with Crippen molar-refractivity contribution < 1.29 is 14.6 Å². The van der Waals surface area contributed by atoms with Gasteiger partial charge in [-0.3, -0.25) is 9.69 Å². The molecule has 0 spiro atoms. The molecule has 1 aliphatic carbocycles. The van der Waals surface area contributed by atoms with Crippen LogP contribution in [-0.2, 0) is 9.53 Å². The fourth-order valence-corrected chi connectivity index (χ4v) is 2.64. The molecular weight excluding hydrogens is 206 g/mol. The number of likely N-dealkylation sites (N-methyl/N-ethyl adjacent to an activating group) is 1. The SMILES string of the molecule is CCN(CC1CCC1)C1COCC1C(=O)O. The standard InChI is InChI=1S/C12H21NO3/c1-2-13(6-9-4-3-5-9)11-8-16-7-10(11)12(14)15/h9-11H,2-8H2,1H3,(H,14,15). The number of nitrogens with zero attached hydrogens (tertiary/aromatic N) is 1. The van der Waals surface area contributed by atoms with Gasteiger partial charge in [-0.15, -0.1) is 0 Å². The number of carboxylic acid groups (broad SMARTS) is 1. The molecule has 0 aromatic rings. The van der Waals surface area contributed by atoms with E-state index in [9.17, 15) is 4.79 Å². The molecule has 1 saturated heterocycles. The average molecular weight is 227 g/mol. The van der Waals surface area contributed by atoms with Gasteiger partial charge < -0.3 is 9.84 Å². The van der Waals surface area contributed by atoms with E-state index in [1.807, 2.05) is 0 Å². The van der Waals surface area contributed by atoms with Crippen molar-refractivity contribution in [3.8, 4) is 0 Å². The van der Waals surface area contributed by atoms with Crippen LogP contribution in [0.3, 0.4) is 0 Å². The molecule has 0 amide bonds. The first-order valence-corrected chi connectivity index (χ1v) is 6.27. The molecule has 0 bridgehead atoms. The lowest BCUT2D eigenvalue weighted by Gasteiger charge is -2.35. The Bertz CT molecular complexity index is 253. The van der Waals surface area contributed by atoms with Crippen molar-refractivity contribution in [3.05, 3.63) is 0 Å². The van der Waals surface area contributed by atoms with Crippen LogP contribution in [0.4, 0.5) is 0 Å². The highest BCUT2D eigenvalue weighted by atomic mass is 16.5. The van der Waals surface area contributed by atoms with Gasteiger partial charge in [0.2, 0.25) is 0 Å². The molecule has 2 unspecified atom stereocenters. The second kappa shape index (κ2) is 5.15. The second-order valence-electron chi connectivity index (χ2n) is 4.93. The van der Waals surface area contributed by atoms with Crippen LogP contribution in [0.1, 0.15) is 26.2 Å². The fraction of sp³-hybridized carbons (Fsp3) is 0.917. The fourth-order valence-electron chi connectivity index (χ4n) is 2.64. The Hall–Kier alpha value is -0.610. The highest BCUT2D eigenvalue weighted by Gasteiger charge is 2.38. The minimum Gasteiger partial charge on any atom is -0.481 e. The molecule has 1 aliphatic heterocycles. The number of ether oxygens (including phenoxy) is 1. The van der Waals surface area contributed by atoms with Gasteiger partial charge in [0, 0.05) is 12.6 Å². The molecule has 1 N–H and O–H groups in total. The largest absolute Gasteiger partial charge is 0.481 e. The molecule has 2 atom stereocenters. The van der Waals surface area contributed by atoms with Crippen molar-refractivity contribution in [1.82, 2.24) is 4.90 Å². The highest BCUT2D eigenvalue weighted by Crippen LogP contribution is 2.29. The van der Waals surface area contributed by atoms with Crippen LogP contribution in [0.5, 0.6) is 0 Å². The molecular formula is C12H21NO3. The first-order valence-electron chi connectivity index (χ1n) is 6.27. The van der Waals surface area contributed by atoms with Gasteiger partial charge >= 0.3 is 5.97 Å². The molecule has 0 aromatic carbocycles. The minimum atomic E-state index is -0.713. The molecule has 4 heteroatoms. The lowest BCUT2D eigenvalue weighted by molar-refractivity contribution is -0.143. The van der Waals surface area contributed by atoms with E-state index in [-0.39, 0.29) is 12.0 Å². The smallest absolute Gasteiger partial charge is 0.310 e. The third-order valence-electron chi connectivity index (χ3n) is 3.96. The normalized spacial score (nSPS) is 30.6. The minimum absolute atomic E-state index is 0.0862. The lowest BCUT2D eigenvalue weighted by Crippen LogP contribution is -2.46. The second-order valence-corrected chi connectivity index (χ2v) is 4.93. The van der Waals surface area contributed by atoms with Crippen LogP contribution >= 0.6 is 0 Å². The Labute approximate surface area is 96.6 Å². The first kappa shape index (κ1) is 11.9. The summed E-state index contributed by atoms with van der Waals surface area (Å²) in [5, 5.41) is 9.13. The first-order chi connectivity index (χ1) is 7.72. The maximum atomic E-state index is 11.1. The summed E-state index contributed by atoms with van der Waals surface area (Å²) in [5.74, 6) is -0.260. The third kappa shape index (κ3) is 2.38. The van der Waals surface area contributed by atoms with Crippen molar-refractivity contribution in [2.45, 2.75) is 32.2 Å². The van der Waals surface area contributed by atoms with Crippen LogP contribution in [0.15, 0.2) is 0 Å². The lowest BCUT2D eigenvalue weighted by atomic mass is 9.84. The van der Waals surface area contributed by atoms with E-state index in [1.165, 1.54) is 19.3 Å². The number of rotatable bonds is 5. The molecule has 2 fully saturated rings. The molecule has 16 heavy (non-hydrogen) atoms. The summed E-state index contributed by atoms with van der Waals surface area (Å²) < 4.78 is 5.32. The van der Waals surface area contributed by atoms with E-state index < -0.39 is 5.97 Å². The van der Waals surface area contributed by atoms with Gasteiger partial charge in [-0.2, -0.15) is 0 Å². The predicted octanol–water partition coefficient (Wildman–Crippen LogP) is 1.21. The Morgan fingerprint density at radius 1 is 1.44 bits per heavy atom. The Balaban J connectivity index is 1.93. The zero-order chi connectivity index (χ0) is 11.5. The van der Waals surface area contributed by atoms with Crippen molar-refractivity contribution in [2.75, 3.05) is 26.3 Å². The van der Waals surface area contributed by atoms with Crippen molar-refractivity contribution >= 4 is 5.97 Å². The van der Waals surface area contributed by atoms with Gasteiger partial charge in [0.15, 0.2) is 0 Å². The van der Waals surface area contributed by atoms with Crippen LogP contribution in [0.25, 0.3) is 0 Å². The van der Waals surface area contributed by atoms with Crippen LogP contribution in [-0.4, -0.2) is 48.3 Å².